The molecular formula is C28H24F3N5O3. The molecule has 0 spiro atoms. The SMILES string of the molecule is CCOC(=O)c1cc(-c2ccc(N3CCN(C(=O)c4cc(F)cc(F)c4F)CC3)cc2)n(-c2ccccn2)n1. The molecule has 0 aliphatic carbocycles. The molecule has 3 heterocycles. The molecule has 8 nitrogen and oxygen atoms in total. The van der Waals surface area contributed by atoms with Crippen LogP contribution >= 0.6 is 0 Å². The van der Waals surface area contributed by atoms with E-state index in [1.165, 1.54) is 4.90 Å². The topological polar surface area (TPSA) is 80.6 Å². The number of ether oxygens (including phenoxy) is 1. The highest BCUT2D eigenvalue weighted by atomic mass is 19.2. The summed E-state index contributed by atoms with van der Waals surface area (Å²) in [6, 6.07) is 15.8. The summed E-state index contributed by atoms with van der Waals surface area (Å²) in [6.07, 6.45) is 1.64. The van der Waals surface area contributed by atoms with Crippen LogP contribution in [0.25, 0.3) is 17.1 Å². The van der Waals surface area contributed by atoms with E-state index in [1.807, 2.05) is 30.3 Å². The van der Waals surface area contributed by atoms with Crippen LogP contribution in [0.3, 0.4) is 0 Å². The van der Waals surface area contributed by atoms with Crippen molar-refractivity contribution in [2.75, 3.05) is 37.7 Å². The molecule has 5 rings (SSSR count). The summed E-state index contributed by atoms with van der Waals surface area (Å²) >= 11 is 0. The second-order valence-electron chi connectivity index (χ2n) is 8.81. The smallest absolute Gasteiger partial charge is 0.358 e. The van der Waals surface area contributed by atoms with Gasteiger partial charge in [0.15, 0.2) is 23.1 Å². The highest BCUT2D eigenvalue weighted by Crippen LogP contribution is 2.27. The van der Waals surface area contributed by atoms with Gasteiger partial charge in [-0.15, -0.1) is 0 Å². The fourth-order valence-electron chi connectivity index (χ4n) is 4.44. The largest absolute Gasteiger partial charge is 0.461 e. The van der Waals surface area contributed by atoms with Gasteiger partial charge in [-0.1, -0.05) is 18.2 Å². The van der Waals surface area contributed by atoms with Crippen LogP contribution in [0.15, 0.2) is 66.9 Å². The van der Waals surface area contributed by atoms with Gasteiger partial charge in [-0.05, 0) is 43.3 Å². The number of carbonyl (C=O) groups excluding carboxylic acids is 2. The lowest BCUT2D eigenvalue weighted by atomic mass is 10.1. The molecule has 2 aromatic carbocycles. The van der Waals surface area contributed by atoms with Gasteiger partial charge >= 0.3 is 5.97 Å². The predicted molar refractivity (Wildman–Crippen MR) is 137 cm³/mol. The molecule has 200 valence electrons. The van der Waals surface area contributed by atoms with Crippen molar-refractivity contribution in [2.45, 2.75) is 6.92 Å². The summed E-state index contributed by atoms with van der Waals surface area (Å²) in [5.74, 6) is -4.48. The first-order chi connectivity index (χ1) is 18.9. The van der Waals surface area contributed by atoms with Crippen molar-refractivity contribution in [1.82, 2.24) is 19.7 Å². The first-order valence-corrected chi connectivity index (χ1v) is 12.3. The van der Waals surface area contributed by atoms with Crippen molar-refractivity contribution >= 4 is 17.6 Å². The molecule has 39 heavy (non-hydrogen) atoms. The molecule has 0 atom stereocenters. The molecule has 1 aliphatic heterocycles. The lowest BCUT2D eigenvalue weighted by Crippen LogP contribution is -2.49. The fourth-order valence-corrected chi connectivity index (χ4v) is 4.44. The summed E-state index contributed by atoms with van der Waals surface area (Å²) in [5, 5.41) is 4.41. The second-order valence-corrected chi connectivity index (χ2v) is 8.81. The average molecular weight is 536 g/mol. The van der Waals surface area contributed by atoms with E-state index < -0.39 is 34.9 Å². The minimum absolute atomic E-state index is 0.164. The molecule has 2 aromatic heterocycles. The number of nitrogens with zero attached hydrogens (tertiary/aromatic N) is 5. The number of piperazine rings is 1. The summed E-state index contributed by atoms with van der Waals surface area (Å²) < 4.78 is 47.9. The molecule has 0 bridgehead atoms. The van der Waals surface area contributed by atoms with Crippen LogP contribution < -0.4 is 4.90 Å². The van der Waals surface area contributed by atoms with Gasteiger partial charge in [0.25, 0.3) is 5.91 Å². The maximum atomic E-state index is 14.1. The van der Waals surface area contributed by atoms with Gasteiger partial charge in [0.05, 0.1) is 17.9 Å². The molecule has 0 radical (unpaired) electrons. The van der Waals surface area contributed by atoms with E-state index in [4.69, 9.17) is 4.74 Å². The number of hydrogen-bond donors (Lipinski definition) is 0. The van der Waals surface area contributed by atoms with Crippen LogP contribution in [-0.2, 0) is 4.74 Å². The highest BCUT2D eigenvalue weighted by Gasteiger charge is 2.26. The molecule has 4 aromatic rings. The Labute approximate surface area is 222 Å². The van der Waals surface area contributed by atoms with E-state index >= 15 is 0 Å². The number of benzene rings is 2. The van der Waals surface area contributed by atoms with E-state index in [2.05, 4.69) is 15.0 Å². The molecular weight excluding hydrogens is 511 g/mol. The Morgan fingerprint density at radius 2 is 1.69 bits per heavy atom. The van der Waals surface area contributed by atoms with Crippen molar-refractivity contribution in [3.8, 4) is 17.1 Å². The number of hydrogen-bond acceptors (Lipinski definition) is 6. The minimum atomic E-state index is -1.39. The van der Waals surface area contributed by atoms with E-state index in [0.717, 1.165) is 17.3 Å². The molecule has 1 amide bonds. The lowest BCUT2D eigenvalue weighted by Gasteiger charge is -2.36. The van der Waals surface area contributed by atoms with Crippen LogP contribution in [0.5, 0.6) is 0 Å². The molecule has 1 saturated heterocycles. The first kappa shape index (κ1) is 26.0. The summed E-state index contributed by atoms with van der Waals surface area (Å²) in [7, 11) is 0. The first-order valence-electron chi connectivity index (χ1n) is 12.3. The quantitative estimate of drug-likeness (QED) is 0.267. The van der Waals surface area contributed by atoms with Crippen molar-refractivity contribution < 1.29 is 27.5 Å². The third-order valence-electron chi connectivity index (χ3n) is 6.38. The Kier molecular flexibility index (Phi) is 7.31. The normalized spacial score (nSPS) is 13.4. The predicted octanol–water partition coefficient (Wildman–Crippen LogP) is 4.49. The Hall–Kier alpha value is -4.67. The Balaban J connectivity index is 1.32. The van der Waals surface area contributed by atoms with Gasteiger partial charge in [-0.25, -0.2) is 27.6 Å². The van der Waals surface area contributed by atoms with Crippen LogP contribution in [0.4, 0.5) is 18.9 Å². The van der Waals surface area contributed by atoms with Gasteiger partial charge in [0.2, 0.25) is 0 Å². The lowest BCUT2D eigenvalue weighted by molar-refractivity contribution is 0.0518. The van der Waals surface area contributed by atoms with Gasteiger partial charge < -0.3 is 14.5 Å². The summed E-state index contributed by atoms with van der Waals surface area (Å²) in [6.45, 7) is 3.36. The van der Waals surface area contributed by atoms with Gasteiger partial charge in [-0.2, -0.15) is 5.10 Å². The maximum absolute atomic E-state index is 14.1. The Bertz CT molecular complexity index is 1500. The van der Waals surface area contributed by atoms with Crippen LogP contribution in [0.2, 0.25) is 0 Å². The van der Waals surface area contributed by atoms with Crippen molar-refractivity contribution in [3.05, 3.63) is 95.6 Å². The van der Waals surface area contributed by atoms with E-state index in [-0.39, 0.29) is 25.4 Å². The van der Waals surface area contributed by atoms with Crippen LogP contribution in [0.1, 0.15) is 27.8 Å². The second kappa shape index (κ2) is 11.0. The van der Waals surface area contributed by atoms with Gasteiger partial charge in [0.1, 0.15) is 5.82 Å². The fraction of sp³-hybridized carbons (Fsp3) is 0.214. The number of halogens is 3. The number of pyridine rings is 1. The zero-order valence-corrected chi connectivity index (χ0v) is 21.0. The molecule has 0 unspecified atom stereocenters. The monoisotopic (exact) mass is 535 g/mol. The van der Waals surface area contributed by atoms with Gasteiger partial charge in [-0.3, -0.25) is 4.79 Å². The Morgan fingerprint density at radius 1 is 0.949 bits per heavy atom. The van der Waals surface area contributed by atoms with E-state index in [0.29, 0.717) is 30.7 Å². The third-order valence-corrected chi connectivity index (χ3v) is 6.38. The molecule has 1 aliphatic rings. The number of aromatic nitrogens is 3. The Morgan fingerprint density at radius 3 is 2.36 bits per heavy atom. The third kappa shape index (κ3) is 5.33. The molecule has 0 saturated carbocycles. The standard InChI is InChI=1S/C28H24F3N5O3/c1-2-39-28(38)23-17-24(36(33-23)25-5-3-4-10-32-25)18-6-8-20(9-7-18)34-11-13-35(14-12-34)27(37)21-15-19(29)16-22(30)26(21)31/h3-10,15-17H,2,11-14H2,1H3. The number of anilines is 1. The zero-order valence-electron chi connectivity index (χ0n) is 21.0. The van der Waals surface area contributed by atoms with Crippen molar-refractivity contribution in [3.63, 3.8) is 0 Å². The number of carbonyl (C=O) groups is 2. The molecule has 0 N–H and O–H groups in total. The minimum Gasteiger partial charge on any atom is -0.461 e. The zero-order chi connectivity index (χ0) is 27.5. The highest BCUT2D eigenvalue weighted by molar-refractivity contribution is 5.94. The summed E-state index contributed by atoms with van der Waals surface area (Å²) in [5.41, 5.74) is 1.89. The van der Waals surface area contributed by atoms with E-state index in [1.54, 1.807) is 36.0 Å². The number of rotatable bonds is 6. The van der Waals surface area contributed by atoms with Gasteiger partial charge in [0, 0.05) is 49.7 Å². The average Bonchev–Trinajstić information content (AvgIpc) is 3.41. The van der Waals surface area contributed by atoms with Crippen LogP contribution in [0, 0.1) is 17.5 Å². The molecule has 1 fully saturated rings. The van der Waals surface area contributed by atoms with Crippen molar-refractivity contribution in [1.29, 1.82) is 0 Å². The van der Waals surface area contributed by atoms with Crippen molar-refractivity contribution in [2.24, 2.45) is 0 Å². The van der Waals surface area contributed by atoms with E-state index in [9.17, 15) is 22.8 Å². The summed E-state index contributed by atoms with van der Waals surface area (Å²) in [4.78, 5) is 32.8. The maximum Gasteiger partial charge on any atom is 0.358 e. The van der Waals surface area contributed by atoms with Crippen LogP contribution in [-0.4, -0.2) is 64.3 Å². The molecule has 11 heteroatoms. The number of amides is 1. The number of esters is 1.